The summed E-state index contributed by atoms with van der Waals surface area (Å²) in [6.45, 7) is 0.621. The number of aromatic amines is 1. The maximum absolute atomic E-state index is 12.1. The molecule has 0 saturated carbocycles. The molecule has 0 fully saturated rings. The third-order valence-electron chi connectivity index (χ3n) is 3.16. The lowest BCUT2D eigenvalue weighted by atomic mass is 10.0. The van der Waals surface area contributed by atoms with Gasteiger partial charge in [0.15, 0.2) is 0 Å². The molecule has 2 heterocycles. The number of ether oxygens (including phenoxy) is 1. The average molecular weight is 321 g/mol. The summed E-state index contributed by atoms with van der Waals surface area (Å²) in [5, 5.41) is 3.03. The van der Waals surface area contributed by atoms with Gasteiger partial charge >= 0.3 is 0 Å². The molecule has 0 radical (unpaired) electrons. The molecule has 0 spiro atoms. The second kappa shape index (κ2) is 5.09. The molecule has 3 rings (SSSR count). The molecule has 0 bridgehead atoms. The Morgan fingerprint density at radius 2 is 2.26 bits per heavy atom. The van der Waals surface area contributed by atoms with Crippen LogP contribution in [0.1, 0.15) is 28.5 Å². The van der Waals surface area contributed by atoms with Crippen molar-refractivity contribution in [2.45, 2.75) is 12.5 Å². The first-order valence-corrected chi connectivity index (χ1v) is 6.90. The number of fused-ring (bicyclic) bond motifs is 1. The predicted molar refractivity (Wildman–Crippen MR) is 75.3 cm³/mol. The molecule has 1 aromatic carbocycles. The first-order chi connectivity index (χ1) is 9.24. The number of aromatic nitrogens is 1. The summed E-state index contributed by atoms with van der Waals surface area (Å²) in [7, 11) is 0. The molecular weight excluding hydrogens is 308 g/mol. The fraction of sp³-hybridized carbons (Fsp3) is 0.214. The Morgan fingerprint density at radius 1 is 1.42 bits per heavy atom. The van der Waals surface area contributed by atoms with E-state index in [0.29, 0.717) is 12.3 Å². The summed E-state index contributed by atoms with van der Waals surface area (Å²) in [4.78, 5) is 15.1. The number of carbonyl (C=O) groups excluding carboxylic acids is 1. The van der Waals surface area contributed by atoms with E-state index >= 15 is 0 Å². The number of halogens is 1. The number of rotatable bonds is 2. The van der Waals surface area contributed by atoms with Gasteiger partial charge in [0, 0.05) is 22.7 Å². The van der Waals surface area contributed by atoms with E-state index in [1.165, 1.54) is 0 Å². The topological polar surface area (TPSA) is 54.1 Å². The fourth-order valence-corrected chi connectivity index (χ4v) is 2.57. The molecule has 98 valence electrons. The first-order valence-electron chi connectivity index (χ1n) is 6.10. The quantitative estimate of drug-likeness (QED) is 0.893. The number of H-pyrrole nitrogens is 1. The highest BCUT2D eigenvalue weighted by Crippen LogP contribution is 2.31. The Labute approximate surface area is 119 Å². The molecule has 0 saturated heterocycles. The third kappa shape index (κ3) is 2.51. The van der Waals surface area contributed by atoms with Crippen molar-refractivity contribution < 1.29 is 9.53 Å². The van der Waals surface area contributed by atoms with Gasteiger partial charge in [-0.3, -0.25) is 4.79 Å². The summed E-state index contributed by atoms with van der Waals surface area (Å²) >= 11 is 3.32. The molecule has 1 atom stereocenters. The van der Waals surface area contributed by atoms with Crippen LogP contribution in [0.15, 0.2) is 41.0 Å². The van der Waals surface area contributed by atoms with E-state index in [1.807, 2.05) is 24.3 Å². The molecular formula is C14H13BrN2O2. The third-order valence-corrected chi connectivity index (χ3v) is 3.61. The lowest BCUT2D eigenvalue weighted by Gasteiger charge is -2.26. The molecule has 0 aliphatic carbocycles. The van der Waals surface area contributed by atoms with Crippen LogP contribution in [0, 0.1) is 0 Å². The number of amides is 1. The highest BCUT2D eigenvalue weighted by atomic mass is 79.9. The van der Waals surface area contributed by atoms with Crippen LogP contribution in [0.4, 0.5) is 0 Å². The summed E-state index contributed by atoms with van der Waals surface area (Å²) in [6.07, 6.45) is 2.53. The van der Waals surface area contributed by atoms with Crippen LogP contribution in [0.3, 0.4) is 0 Å². The van der Waals surface area contributed by atoms with Gasteiger partial charge in [-0.15, -0.1) is 0 Å². The monoisotopic (exact) mass is 320 g/mol. The standard InChI is InChI=1S/C14H13BrN2O2/c15-9-7-12(16-8-9)14(18)17-11-5-6-19-13-4-2-1-3-10(11)13/h1-4,7-8,11,16H,5-6H2,(H,17,18)/t11-/m0/s1. The van der Waals surface area contributed by atoms with Gasteiger partial charge < -0.3 is 15.0 Å². The van der Waals surface area contributed by atoms with Gasteiger partial charge in [-0.25, -0.2) is 0 Å². The van der Waals surface area contributed by atoms with E-state index < -0.39 is 0 Å². The van der Waals surface area contributed by atoms with Gasteiger partial charge in [-0.05, 0) is 28.1 Å². The van der Waals surface area contributed by atoms with Crippen molar-refractivity contribution in [1.29, 1.82) is 0 Å². The minimum Gasteiger partial charge on any atom is -0.493 e. The Hall–Kier alpha value is -1.75. The van der Waals surface area contributed by atoms with Crippen molar-refractivity contribution in [2.24, 2.45) is 0 Å². The molecule has 19 heavy (non-hydrogen) atoms. The molecule has 5 heteroatoms. The lowest BCUT2D eigenvalue weighted by Crippen LogP contribution is -2.32. The number of nitrogens with one attached hydrogen (secondary N) is 2. The van der Waals surface area contributed by atoms with E-state index in [-0.39, 0.29) is 11.9 Å². The molecule has 4 nitrogen and oxygen atoms in total. The zero-order chi connectivity index (χ0) is 13.2. The zero-order valence-corrected chi connectivity index (χ0v) is 11.7. The highest BCUT2D eigenvalue weighted by molar-refractivity contribution is 9.10. The lowest BCUT2D eigenvalue weighted by molar-refractivity contribution is 0.0920. The first kappa shape index (κ1) is 12.3. The summed E-state index contributed by atoms with van der Waals surface area (Å²) in [6, 6.07) is 9.58. The minimum absolute atomic E-state index is 0.000439. The van der Waals surface area contributed by atoms with Gasteiger partial charge in [0.2, 0.25) is 0 Å². The largest absolute Gasteiger partial charge is 0.493 e. The van der Waals surface area contributed by atoms with E-state index in [2.05, 4.69) is 26.2 Å². The predicted octanol–water partition coefficient (Wildman–Crippen LogP) is 3.03. The highest BCUT2D eigenvalue weighted by Gasteiger charge is 2.23. The number of para-hydroxylation sites is 1. The summed E-state index contributed by atoms with van der Waals surface area (Å²) in [5.41, 5.74) is 1.59. The molecule has 1 aliphatic heterocycles. The second-order valence-electron chi connectivity index (χ2n) is 4.43. The van der Waals surface area contributed by atoms with E-state index in [1.54, 1.807) is 12.3 Å². The van der Waals surface area contributed by atoms with Crippen molar-refractivity contribution in [3.8, 4) is 5.75 Å². The van der Waals surface area contributed by atoms with Crippen LogP contribution in [0.5, 0.6) is 5.75 Å². The maximum Gasteiger partial charge on any atom is 0.268 e. The Kier molecular flexibility index (Phi) is 3.29. The normalized spacial score (nSPS) is 17.4. The SMILES string of the molecule is O=C(N[C@H]1CCOc2ccccc21)c1cc(Br)c[nH]1. The molecule has 2 N–H and O–H groups in total. The van der Waals surface area contributed by atoms with E-state index in [4.69, 9.17) is 4.74 Å². The van der Waals surface area contributed by atoms with Gasteiger partial charge in [-0.1, -0.05) is 18.2 Å². The van der Waals surface area contributed by atoms with Crippen LogP contribution in [0.25, 0.3) is 0 Å². The molecule has 2 aromatic rings. The summed E-state index contributed by atoms with van der Waals surface area (Å²) < 4.78 is 6.44. The van der Waals surface area contributed by atoms with Crippen molar-refractivity contribution in [3.63, 3.8) is 0 Å². The smallest absolute Gasteiger partial charge is 0.268 e. The maximum atomic E-state index is 12.1. The van der Waals surface area contributed by atoms with Gasteiger partial charge in [-0.2, -0.15) is 0 Å². The Morgan fingerprint density at radius 3 is 3.05 bits per heavy atom. The van der Waals surface area contributed by atoms with E-state index in [9.17, 15) is 4.79 Å². The van der Waals surface area contributed by atoms with Crippen molar-refractivity contribution in [3.05, 3.63) is 52.3 Å². The van der Waals surface area contributed by atoms with Crippen molar-refractivity contribution >= 4 is 21.8 Å². The Bertz CT molecular complexity index is 609. The average Bonchev–Trinajstić information content (AvgIpc) is 2.86. The number of benzene rings is 1. The number of hydrogen-bond donors (Lipinski definition) is 2. The van der Waals surface area contributed by atoms with Gasteiger partial charge in [0.25, 0.3) is 5.91 Å². The van der Waals surface area contributed by atoms with Crippen LogP contribution < -0.4 is 10.1 Å². The molecule has 1 aliphatic rings. The fourth-order valence-electron chi connectivity index (χ4n) is 2.23. The van der Waals surface area contributed by atoms with Crippen LogP contribution in [0.2, 0.25) is 0 Å². The minimum atomic E-state index is -0.104. The molecule has 1 aromatic heterocycles. The zero-order valence-electron chi connectivity index (χ0n) is 10.2. The molecule has 0 unspecified atom stereocenters. The van der Waals surface area contributed by atoms with E-state index in [0.717, 1.165) is 22.2 Å². The van der Waals surface area contributed by atoms with Gasteiger partial charge in [0.1, 0.15) is 11.4 Å². The van der Waals surface area contributed by atoms with Gasteiger partial charge in [0.05, 0.1) is 12.6 Å². The second-order valence-corrected chi connectivity index (χ2v) is 5.35. The van der Waals surface area contributed by atoms with Crippen LogP contribution in [-0.4, -0.2) is 17.5 Å². The molecule has 1 amide bonds. The number of carbonyl (C=O) groups is 1. The number of hydrogen-bond acceptors (Lipinski definition) is 2. The van der Waals surface area contributed by atoms with Crippen molar-refractivity contribution in [1.82, 2.24) is 10.3 Å². The Balaban J connectivity index is 1.79. The van der Waals surface area contributed by atoms with Crippen LogP contribution >= 0.6 is 15.9 Å². The summed E-state index contributed by atoms with van der Waals surface area (Å²) in [5.74, 6) is 0.749. The van der Waals surface area contributed by atoms with Crippen molar-refractivity contribution in [2.75, 3.05) is 6.61 Å². The van der Waals surface area contributed by atoms with Crippen LogP contribution in [-0.2, 0) is 0 Å².